The molecule has 17 heavy (non-hydrogen) atoms. The standard InChI is InChI=1S/C15H32N2/c1-12(2)10-15(4,11-16)17(5)14-9-7-6-8-13(14)3/h12-14H,6-11,16H2,1-5H3. The van der Waals surface area contributed by atoms with Crippen LogP contribution in [0.1, 0.15) is 59.8 Å². The van der Waals surface area contributed by atoms with Gasteiger partial charge in [-0.2, -0.15) is 0 Å². The topological polar surface area (TPSA) is 29.3 Å². The molecule has 0 aromatic heterocycles. The Morgan fingerprint density at radius 1 is 1.29 bits per heavy atom. The fraction of sp³-hybridized carbons (Fsp3) is 1.00. The van der Waals surface area contributed by atoms with Gasteiger partial charge in [-0.3, -0.25) is 4.90 Å². The van der Waals surface area contributed by atoms with Crippen molar-refractivity contribution in [2.45, 2.75) is 71.4 Å². The van der Waals surface area contributed by atoms with Crippen molar-refractivity contribution in [3.63, 3.8) is 0 Å². The van der Waals surface area contributed by atoms with Crippen LogP contribution in [0.4, 0.5) is 0 Å². The first-order valence-corrected chi connectivity index (χ1v) is 7.33. The Kier molecular flexibility index (Phi) is 5.46. The molecule has 2 nitrogen and oxygen atoms in total. The smallest absolute Gasteiger partial charge is 0.0306 e. The van der Waals surface area contributed by atoms with E-state index >= 15 is 0 Å². The second-order valence-electron chi connectivity index (χ2n) is 6.74. The lowest BCUT2D eigenvalue weighted by molar-refractivity contribution is 0.0295. The number of nitrogens with two attached hydrogens (primary N) is 1. The van der Waals surface area contributed by atoms with E-state index < -0.39 is 0 Å². The predicted octanol–water partition coefficient (Wildman–Crippen LogP) is 3.26. The van der Waals surface area contributed by atoms with Crippen LogP contribution >= 0.6 is 0 Å². The molecule has 1 rings (SSSR count). The minimum Gasteiger partial charge on any atom is -0.329 e. The number of nitrogens with zero attached hydrogens (tertiary/aromatic N) is 1. The monoisotopic (exact) mass is 240 g/mol. The van der Waals surface area contributed by atoms with Gasteiger partial charge >= 0.3 is 0 Å². The molecule has 1 aliphatic rings. The van der Waals surface area contributed by atoms with Gasteiger partial charge in [-0.15, -0.1) is 0 Å². The summed E-state index contributed by atoms with van der Waals surface area (Å²) in [5, 5.41) is 0. The average Bonchev–Trinajstić information content (AvgIpc) is 2.27. The van der Waals surface area contributed by atoms with Crippen LogP contribution in [0.15, 0.2) is 0 Å². The van der Waals surface area contributed by atoms with Crippen LogP contribution in [0.2, 0.25) is 0 Å². The molecular weight excluding hydrogens is 208 g/mol. The van der Waals surface area contributed by atoms with Gasteiger partial charge in [0.2, 0.25) is 0 Å². The second kappa shape index (κ2) is 6.19. The molecule has 1 aliphatic carbocycles. The Labute approximate surface area is 108 Å². The van der Waals surface area contributed by atoms with Gasteiger partial charge in [0.15, 0.2) is 0 Å². The molecule has 1 fully saturated rings. The summed E-state index contributed by atoms with van der Waals surface area (Å²) in [5.74, 6) is 1.54. The minimum atomic E-state index is 0.171. The molecule has 1 saturated carbocycles. The van der Waals surface area contributed by atoms with Gasteiger partial charge in [-0.25, -0.2) is 0 Å². The molecule has 0 heterocycles. The lowest BCUT2D eigenvalue weighted by Crippen LogP contribution is -2.56. The maximum absolute atomic E-state index is 6.07. The highest BCUT2D eigenvalue weighted by Gasteiger charge is 2.36. The summed E-state index contributed by atoms with van der Waals surface area (Å²) in [5.41, 5.74) is 6.24. The zero-order valence-electron chi connectivity index (χ0n) is 12.5. The van der Waals surface area contributed by atoms with Crippen molar-refractivity contribution >= 4 is 0 Å². The molecule has 102 valence electrons. The molecule has 3 unspecified atom stereocenters. The summed E-state index contributed by atoms with van der Waals surface area (Å²) in [6.07, 6.45) is 6.74. The van der Waals surface area contributed by atoms with E-state index in [9.17, 15) is 0 Å². The Bertz CT molecular complexity index is 227. The normalized spacial score (nSPS) is 29.6. The van der Waals surface area contributed by atoms with Crippen LogP contribution in [0.3, 0.4) is 0 Å². The first-order valence-electron chi connectivity index (χ1n) is 7.33. The third-order valence-electron chi connectivity index (χ3n) is 4.70. The molecule has 0 spiro atoms. The lowest BCUT2D eigenvalue weighted by Gasteiger charge is -2.47. The first-order chi connectivity index (χ1) is 7.90. The van der Waals surface area contributed by atoms with Gasteiger partial charge in [0.1, 0.15) is 0 Å². The van der Waals surface area contributed by atoms with E-state index in [4.69, 9.17) is 5.73 Å². The van der Waals surface area contributed by atoms with Gasteiger partial charge in [0.25, 0.3) is 0 Å². The van der Waals surface area contributed by atoms with Crippen molar-refractivity contribution < 1.29 is 0 Å². The molecule has 0 aromatic carbocycles. The van der Waals surface area contributed by atoms with E-state index in [2.05, 4.69) is 39.6 Å². The first kappa shape index (κ1) is 15.0. The second-order valence-corrected chi connectivity index (χ2v) is 6.74. The highest BCUT2D eigenvalue weighted by Crippen LogP contribution is 2.33. The molecule has 0 aromatic rings. The molecule has 0 bridgehead atoms. The molecule has 0 aliphatic heterocycles. The highest BCUT2D eigenvalue weighted by molar-refractivity contribution is 4.92. The number of hydrogen-bond donors (Lipinski definition) is 1. The van der Waals surface area contributed by atoms with Crippen LogP contribution in [0, 0.1) is 11.8 Å². The number of hydrogen-bond acceptors (Lipinski definition) is 2. The average molecular weight is 240 g/mol. The maximum Gasteiger partial charge on any atom is 0.0306 e. The summed E-state index contributed by atoms with van der Waals surface area (Å²) in [7, 11) is 2.29. The zero-order valence-corrected chi connectivity index (χ0v) is 12.5. The summed E-state index contributed by atoms with van der Waals surface area (Å²) in [6, 6.07) is 0.732. The molecular formula is C15H32N2. The summed E-state index contributed by atoms with van der Waals surface area (Å²) < 4.78 is 0. The van der Waals surface area contributed by atoms with Crippen molar-refractivity contribution in [1.82, 2.24) is 4.90 Å². The van der Waals surface area contributed by atoms with E-state index in [1.54, 1.807) is 0 Å². The van der Waals surface area contributed by atoms with Crippen molar-refractivity contribution in [2.75, 3.05) is 13.6 Å². The van der Waals surface area contributed by atoms with E-state index in [0.29, 0.717) is 5.92 Å². The van der Waals surface area contributed by atoms with Crippen molar-refractivity contribution in [3.05, 3.63) is 0 Å². The van der Waals surface area contributed by atoms with E-state index in [1.165, 1.54) is 32.1 Å². The Morgan fingerprint density at radius 3 is 2.35 bits per heavy atom. The molecule has 3 atom stereocenters. The molecule has 2 N–H and O–H groups in total. The van der Waals surface area contributed by atoms with Crippen molar-refractivity contribution in [1.29, 1.82) is 0 Å². The van der Waals surface area contributed by atoms with E-state index in [-0.39, 0.29) is 5.54 Å². The third-order valence-corrected chi connectivity index (χ3v) is 4.70. The van der Waals surface area contributed by atoms with Gasteiger partial charge in [-0.1, -0.05) is 33.6 Å². The highest BCUT2D eigenvalue weighted by atomic mass is 15.2. The van der Waals surface area contributed by atoms with Crippen LogP contribution in [0.25, 0.3) is 0 Å². The number of rotatable bonds is 5. The Morgan fingerprint density at radius 2 is 1.88 bits per heavy atom. The van der Waals surface area contributed by atoms with E-state index in [1.807, 2.05) is 0 Å². The Hall–Kier alpha value is -0.0800. The number of likely N-dealkylation sites (N-methyl/N-ethyl adjacent to an activating group) is 1. The summed E-state index contributed by atoms with van der Waals surface area (Å²) in [6.45, 7) is 10.1. The van der Waals surface area contributed by atoms with E-state index in [0.717, 1.165) is 18.5 Å². The minimum absolute atomic E-state index is 0.171. The molecule has 0 amide bonds. The fourth-order valence-electron chi connectivity index (χ4n) is 3.52. The molecule has 0 saturated heterocycles. The SMILES string of the molecule is CC(C)CC(C)(CN)N(C)C1CCCCC1C. The van der Waals surface area contributed by atoms with Gasteiger partial charge in [0, 0.05) is 18.1 Å². The Balaban J connectivity index is 2.72. The van der Waals surface area contributed by atoms with Crippen LogP contribution in [-0.2, 0) is 0 Å². The van der Waals surface area contributed by atoms with Gasteiger partial charge in [0.05, 0.1) is 0 Å². The van der Waals surface area contributed by atoms with Crippen LogP contribution in [0.5, 0.6) is 0 Å². The quantitative estimate of drug-likeness (QED) is 0.799. The lowest BCUT2D eigenvalue weighted by atomic mass is 9.80. The van der Waals surface area contributed by atoms with Gasteiger partial charge < -0.3 is 5.73 Å². The largest absolute Gasteiger partial charge is 0.329 e. The zero-order chi connectivity index (χ0) is 13.1. The third kappa shape index (κ3) is 3.69. The summed E-state index contributed by atoms with van der Waals surface area (Å²) in [4.78, 5) is 2.59. The molecule has 0 radical (unpaired) electrons. The van der Waals surface area contributed by atoms with Crippen LogP contribution in [-0.4, -0.2) is 30.1 Å². The van der Waals surface area contributed by atoms with Crippen LogP contribution < -0.4 is 5.73 Å². The summed E-state index contributed by atoms with van der Waals surface area (Å²) >= 11 is 0. The van der Waals surface area contributed by atoms with Crippen molar-refractivity contribution in [2.24, 2.45) is 17.6 Å². The predicted molar refractivity (Wildman–Crippen MR) is 76.1 cm³/mol. The maximum atomic E-state index is 6.07. The van der Waals surface area contributed by atoms with Gasteiger partial charge in [-0.05, 0) is 45.1 Å². The molecule has 2 heteroatoms. The fourth-order valence-corrected chi connectivity index (χ4v) is 3.52. The van der Waals surface area contributed by atoms with Crippen molar-refractivity contribution in [3.8, 4) is 0 Å².